The van der Waals surface area contributed by atoms with Crippen molar-refractivity contribution >= 4 is 32.9 Å². The molecule has 11 heteroatoms. The molecule has 3 rings (SSSR count). The highest BCUT2D eigenvalue weighted by Gasteiger charge is 2.30. The summed E-state index contributed by atoms with van der Waals surface area (Å²) in [6, 6.07) is 6.46. The maximum absolute atomic E-state index is 13.2. The van der Waals surface area contributed by atoms with Gasteiger partial charge in [-0.3, -0.25) is 20.0 Å². The van der Waals surface area contributed by atoms with Gasteiger partial charge in [-0.1, -0.05) is 12.1 Å². The molecule has 1 aromatic carbocycles. The molecule has 0 spiro atoms. The Morgan fingerprint density at radius 1 is 1.19 bits per heavy atom. The number of benzene rings is 1. The molecule has 0 radical (unpaired) electrons. The van der Waals surface area contributed by atoms with Crippen molar-refractivity contribution in [3.05, 3.63) is 36.0 Å². The molecule has 2 heterocycles. The molecule has 0 atom stereocenters. The summed E-state index contributed by atoms with van der Waals surface area (Å²) in [5.41, 5.74) is 1.41. The number of amides is 3. The lowest BCUT2D eigenvalue weighted by Crippen LogP contribution is -2.52. The minimum absolute atomic E-state index is 0.0146. The van der Waals surface area contributed by atoms with E-state index in [-0.39, 0.29) is 24.5 Å². The van der Waals surface area contributed by atoms with E-state index < -0.39 is 22.0 Å². The van der Waals surface area contributed by atoms with E-state index in [1.165, 1.54) is 11.4 Å². The van der Waals surface area contributed by atoms with E-state index in [0.29, 0.717) is 31.8 Å². The molecule has 0 aliphatic carbocycles. The van der Waals surface area contributed by atoms with E-state index in [1.807, 2.05) is 24.0 Å². The number of nitrogens with one attached hydrogen (secondary N) is 2. The summed E-state index contributed by atoms with van der Waals surface area (Å²) < 4.78 is 32.7. The van der Waals surface area contributed by atoms with Crippen molar-refractivity contribution in [2.24, 2.45) is 0 Å². The number of para-hydroxylation sites is 1. The van der Waals surface area contributed by atoms with Crippen LogP contribution in [-0.4, -0.2) is 87.5 Å². The first-order chi connectivity index (χ1) is 14.8. The van der Waals surface area contributed by atoms with Crippen molar-refractivity contribution < 1.29 is 22.7 Å². The van der Waals surface area contributed by atoms with E-state index in [9.17, 15) is 18.0 Å². The fourth-order valence-corrected chi connectivity index (χ4v) is 4.99. The maximum atomic E-state index is 13.2. The van der Waals surface area contributed by atoms with Crippen LogP contribution in [-0.2, 0) is 19.6 Å². The van der Waals surface area contributed by atoms with Gasteiger partial charge < -0.3 is 10.1 Å². The highest BCUT2D eigenvalue weighted by molar-refractivity contribution is 7.89. The predicted molar refractivity (Wildman–Crippen MR) is 115 cm³/mol. The lowest BCUT2D eigenvalue weighted by Gasteiger charge is -2.33. The zero-order valence-corrected chi connectivity index (χ0v) is 18.4. The number of hydrogen-bond acceptors (Lipinski definition) is 7. The molecule has 1 aliphatic heterocycles. The smallest absolute Gasteiger partial charge is 0.321 e. The number of sulfonamides is 1. The topological polar surface area (TPSA) is 121 Å². The van der Waals surface area contributed by atoms with Crippen LogP contribution >= 0.6 is 0 Å². The van der Waals surface area contributed by atoms with Crippen LogP contribution in [0.25, 0.3) is 10.9 Å². The number of urea groups is 1. The van der Waals surface area contributed by atoms with Gasteiger partial charge in [0.2, 0.25) is 15.9 Å². The zero-order chi connectivity index (χ0) is 22.4. The summed E-state index contributed by atoms with van der Waals surface area (Å²) in [6.45, 7) is 3.84. The second-order valence-electron chi connectivity index (χ2n) is 7.32. The van der Waals surface area contributed by atoms with Crippen LogP contribution in [0.1, 0.15) is 5.56 Å². The van der Waals surface area contributed by atoms with Gasteiger partial charge in [0.05, 0.1) is 18.7 Å². The Balaban J connectivity index is 1.58. The lowest BCUT2D eigenvalue weighted by molar-refractivity contribution is -0.121. The third-order valence-electron chi connectivity index (χ3n) is 4.97. The van der Waals surface area contributed by atoms with Crippen molar-refractivity contribution in [2.75, 3.05) is 53.0 Å². The molecule has 168 valence electrons. The van der Waals surface area contributed by atoms with Crippen molar-refractivity contribution in [3.8, 4) is 0 Å². The number of pyridine rings is 1. The fraction of sp³-hybridized carbons (Fsp3) is 0.450. The summed E-state index contributed by atoms with van der Waals surface area (Å²) in [5.74, 6) is -0.445. The SMILES string of the molecule is COCCNC(=O)NC(=O)CN1CCN(S(=O)(=O)c2cccc3cc(C)cnc23)CC1. The first kappa shape index (κ1) is 23.1. The monoisotopic (exact) mass is 449 g/mol. The Bertz CT molecular complexity index is 1050. The maximum Gasteiger partial charge on any atom is 0.321 e. The van der Waals surface area contributed by atoms with Crippen LogP contribution < -0.4 is 10.6 Å². The van der Waals surface area contributed by atoms with Gasteiger partial charge in [-0.05, 0) is 24.6 Å². The lowest BCUT2D eigenvalue weighted by atomic mass is 10.2. The van der Waals surface area contributed by atoms with Gasteiger partial charge in [0.15, 0.2) is 0 Å². The molecule has 2 N–H and O–H groups in total. The van der Waals surface area contributed by atoms with E-state index in [1.54, 1.807) is 18.3 Å². The second kappa shape index (κ2) is 10.1. The first-order valence-corrected chi connectivity index (χ1v) is 11.4. The molecule has 2 aromatic rings. The summed E-state index contributed by atoms with van der Waals surface area (Å²) in [5, 5.41) is 5.54. The number of rotatable bonds is 7. The largest absolute Gasteiger partial charge is 0.383 e. The van der Waals surface area contributed by atoms with E-state index in [4.69, 9.17) is 4.74 Å². The zero-order valence-electron chi connectivity index (χ0n) is 17.6. The van der Waals surface area contributed by atoms with E-state index >= 15 is 0 Å². The van der Waals surface area contributed by atoms with Crippen molar-refractivity contribution in [1.29, 1.82) is 0 Å². The van der Waals surface area contributed by atoms with Crippen LogP contribution in [0.2, 0.25) is 0 Å². The number of methoxy groups -OCH3 is 1. The summed E-state index contributed by atoms with van der Waals surface area (Å²) in [4.78, 5) is 30.0. The first-order valence-electron chi connectivity index (χ1n) is 9.96. The highest BCUT2D eigenvalue weighted by atomic mass is 32.2. The number of carbonyl (C=O) groups is 2. The van der Waals surface area contributed by atoms with Gasteiger partial charge in [0.1, 0.15) is 4.90 Å². The van der Waals surface area contributed by atoms with E-state index in [2.05, 4.69) is 15.6 Å². The number of aromatic nitrogens is 1. The number of carbonyl (C=O) groups excluding carboxylic acids is 2. The number of nitrogens with zero attached hydrogens (tertiary/aromatic N) is 3. The normalized spacial score (nSPS) is 15.7. The quantitative estimate of drug-likeness (QED) is 0.584. The molecule has 1 saturated heterocycles. The Labute approximate surface area is 181 Å². The van der Waals surface area contributed by atoms with Crippen LogP contribution in [0, 0.1) is 6.92 Å². The summed E-state index contributed by atoms with van der Waals surface area (Å²) in [7, 11) is -2.20. The average Bonchev–Trinajstić information content (AvgIpc) is 2.73. The molecule has 1 aromatic heterocycles. The molecule has 1 fully saturated rings. The molecule has 10 nitrogen and oxygen atoms in total. The molecule has 1 aliphatic rings. The summed E-state index contributed by atoms with van der Waals surface area (Å²) in [6.07, 6.45) is 1.66. The standard InChI is InChI=1S/C20H27N5O5S/c1-15-12-16-4-3-5-17(19(16)22-13-15)31(28,29)25-9-7-24(8-10-25)14-18(26)23-20(27)21-6-11-30-2/h3-5,12-13H,6-11,14H2,1-2H3,(H2,21,23,26,27). The van der Waals surface area contributed by atoms with Gasteiger partial charge >= 0.3 is 6.03 Å². The Kier molecular flexibility index (Phi) is 7.55. The van der Waals surface area contributed by atoms with Gasteiger partial charge in [0, 0.05) is 51.4 Å². The molecular formula is C20H27N5O5S. The number of ether oxygens (including phenoxy) is 1. The van der Waals surface area contributed by atoms with Crippen LogP contribution in [0.15, 0.2) is 35.4 Å². The third kappa shape index (κ3) is 5.76. The van der Waals surface area contributed by atoms with Gasteiger partial charge in [0.25, 0.3) is 0 Å². The highest BCUT2D eigenvalue weighted by Crippen LogP contribution is 2.25. The van der Waals surface area contributed by atoms with Crippen LogP contribution in [0.3, 0.4) is 0 Å². The molecule has 31 heavy (non-hydrogen) atoms. The van der Waals surface area contributed by atoms with Crippen LogP contribution in [0.4, 0.5) is 4.79 Å². The van der Waals surface area contributed by atoms with Gasteiger partial charge in [-0.2, -0.15) is 4.31 Å². The number of fused-ring (bicyclic) bond motifs is 1. The van der Waals surface area contributed by atoms with E-state index in [0.717, 1.165) is 10.9 Å². The molecule has 0 saturated carbocycles. The molecule has 3 amide bonds. The minimum atomic E-state index is -3.72. The Hall–Kier alpha value is -2.60. The second-order valence-corrected chi connectivity index (χ2v) is 9.22. The van der Waals surface area contributed by atoms with Crippen molar-refractivity contribution in [2.45, 2.75) is 11.8 Å². The average molecular weight is 450 g/mol. The number of aryl methyl sites for hydroxylation is 1. The fourth-order valence-electron chi connectivity index (χ4n) is 3.40. The molecule has 0 unspecified atom stereocenters. The van der Waals surface area contributed by atoms with Crippen molar-refractivity contribution in [3.63, 3.8) is 0 Å². The molecular weight excluding hydrogens is 422 g/mol. The van der Waals surface area contributed by atoms with Gasteiger partial charge in [-0.25, -0.2) is 13.2 Å². The third-order valence-corrected chi connectivity index (χ3v) is 6.90. The Morgan fingerprint density at radius 3 is 2.65 bits per heavy atom. The number of imide groups is 1. The predicted octanol–water partition coefficient (Wildman–Crippen LogP) is 0.322. The number of hydrogen-bond donors (Lipinski definition) is 2. The number of piperazine rings is 1. The van der Waals surface area contributed by atoms with Gasteiger partial charge in [-0.15, -0.1) is 0 Å². The van der Waals surface area contributed by atoms with Crippen molar-refractivity contribution in [1.82, 2.24) is 24.8 Å². The minimum Gasteiger partial charge on any atom is -0.383 e. The van der Waals surface area contributed by atoms with Crippen LogP contribution in [0.5, 0.6) is 0 Å². The molecule has 0 bridgehead atoms. The summed E-state index contributed by atoms with van der Waals surface area (Å²) >= 11 is 0. The Morgan fingerprint density at radius 2 is 1.94 bits per heavy atom.